The lowest BCUT2D eigenvalue weighted by atomic mass is 9.71. The van der Waals surface area contributed by atoms with Gasteiger partial charge >= 0.3 is 0 Å². The molecule has 0 fully saturated rings. The highest BCUT2D eigenvalue weighted by Gasteiger charge is 2.30. The molecule has 130 valence electrons. The van der Waals surface area contributed by atoms with Crippen LogP contribution in [0.4, 0.5) is 0 Å². The van der Waals surface area contributed by atoms with Gasteiger partial charge in [-0.2, -0.15) is 0 Å². The number of hydrogen-bond donors (Lipinski definition) is 1. The standard InChI is InChI=1S/C22H30O2/c1-16(2)15-22(6,17-7-11-19(23)12-8-17)18-9-13-20(14-10-18)24-21(3,4)5/h7-14,16,23H,15H2,1-6H3. The molecule has 0 saturated heterocycles. The molecule has 0 spiro atoms. The van der Waals surface area contributed by atoms with Gasteiger partial charge in [0.1, 0.15) is 17.1 Å². The number of hydrogen-bond acceptors (Lipinski definition) is 2. The van der Waals surface area contributed by atoms with Gasteiger partial charge in [-0.05, 0) is 68.5 Å². The molecule has 2 aromatic rings. The lowest BCUT2D eigenvalue weighted by Gasteiger charge is -2.33. The predicted molar refractivity (Wildman–Crippen MR) is 101 cm³/mol. The van der Waals surface area contributed by atoms with Gasteiger partial charge in [0.05, 0.1) is 0 Å². The molecule has 2 rings (SSSR count). The molecule has 0 amide bonds. The van der Waals surface area contributed by atoms with E-state index in [0.717, 1.165) is 12.2 Å². The molecule has 0 radical (unpaired) electrons. The molecule has 24 heavy (non-hydrogen) atoms. The van der Waals surface area contributed by atoms with Crippen LogP contribution < -0.4 is 4.74 Å². The predicted octanol–water partition coefficient (Wildman–Crippen LogP) is 5.92. The van der Waals surface area contributed by atoms with Crippen molar-refractivity contribution in [3.8, 4) is 11.5 Å². The summed E-state index contributed by atoms with van der Waals surface area (Å²) in [5, 5.41) is 9.60. The van der Waals surface area contributed by atoms with E-state index in [4.69, 9.17) is 4.74 Å². The van der Waals surface area contributed by atoms with Crippen LogP contribution in [0.1, 0.15) is 59.1 Å². The minimum Gasteiger partial charge on any atom is -0.508 e. The summed E-state index contributed by atoms with van der Waals surface area (Å²) in [5.41, 5.74) is 2.20. The minimum atomic E-state index is -0.195. The molecule has 2 aromatic carbocycles. The third-order valence-corrected chi connectivity index (χ3v) is 4.24. The van der Waals surface area contributed by atoms with Crippen LogP contribution in [0.5, 0.6) is 11.5 Å². The summed E-state index contributed by atoms with van der Waals surface area (Å²) in [6, 6.07) is 16.0. The van der Waals surface area contributed by atoms with Gasteiger partial charge in [0.25, 0.3) is 0 Å². The smallest absolute Gasteiger partial charge is 0.120 e. The fraction of sp³-hybridized carbons (Fsp3) is 0.455. The van der Waals surface area contributed by atoms with Gasteiger partial charge in [-0.3, -0.25) is 0 Å². The first-order valence-corrected chi connectivity index (χ1v) is 8.69. The van der Waals surface area contributed by atoms with Crippen LogP contribution >= 0.6 is 0 Å². The number of phenols is 1. The van der Waals surface area contributed by atoms with E-state index >= 15 is 0 Å². The molecular weight excluding hydrogens is 296 g/mol. The molecule has 2 heteroatoms. The van der Waals surface area contributed by atoms with Crippen molar-refractivity contribution >= 4 is 0 Å². The Morgan fingerprint density at radius 2 is 1.29 bits per heavy atom. The van der Waals surface area contributed by atoms with Crippen molar-refractivity contribution in [2.24, 2.45) is 5.92 Å². The van der Waals surface area contributed by atoms with E-state index < -0.39 is 0 Å². The van der Waals surface area contributed by atoms with Gasteiger partial charge in [0, 0.05) is 5.41 Å². The summed E-state index contributed by atoms with van der Waals surface area (Å²) in [5.74, 6) is 1.76. The zero-order valence-corrected chi connectivity index (χ0v) is 15.8. The van der Waals surface area contributed by atoms with Gasteiger partial charge in [-0.1, -0.05) is 45.0 Å². The Morgan fingerprint density at radius 1 is 0.833 bits per heavy atom. The second kappa shape index (κ2) is 6.88. The maximum atomic E-state index is 9.60. The maximum Gasteiger partial charge on any atom is 0.120 e. The average Bonchev–Trinajstić information content (AvgIpc) is 2.46. The molecule has 0 bridgehead atoms. The second-order valence-electron chi connectivity index (χ2n) is 8.22. The summed E-state index contributed by atoms with van der Waals surface area (Å²) in [6.45, 7) is 12.9. The normalized spacial score (nSPS) is 14.5. The SMILES string of the molecule is CC(C)CC(C)(c1ccc(O)cc1)c1ccc(OC(C)(C)C)cc1. The third kappa shape index (κ3) is 4.53. The van der Waals surface area contributed by atoms with E-state index in [0.29, 0.717) is 11.7 Å². The van der Waals surface area contributed by atoms with Crippen molar-refractivity contribution in [2.75, 3.05) is 0 Å². The monoisotopic (exact) mass is 326 g/mol. The van der Waals surface area contributed by atoms with E-state index in [1.165, 1.54) is 11.1 Å². The Labute approximate surface area is 146 Å². The summed E-state index contributed by atoms with van der Waals surface area (Å²) >= 11 is 0. The quantitative estimate of drug-likeness (QED) is 0.739. The Morgan fingerprint density at radius 3 is 1.71 bits per heavy atom. The average molecular weight is 326 g/mol. The van der Waals surface area contributed by atoms with E-state index in [9.17, 15) is 5.11 Å². The fourth-order valence-electron chi connectivity index (χ4n) is 3.29. The molecular formula is C22H30O2. The van der Waals surface area contributed by atoms with Gasteiger partial charge in [0.2, 0.25) is 0 Å². The van der Waals surface area contributed by atoms with Crippen LogP contribution in [-0.4, -0.2) is 10.7 Å². The number of phenolic OH excluding ortho intramolecular Hbond substituents is 1. The van der Waals surface area contributed by atoms with Gasteiger partial charge in [-0.15, -0.1) is 0 Å². The lowest BCUT2D eigenvalue weighted by molar-refractivity contribution is 0.131. The summed E-state index contributed by atoms with van der Waals surface area (Å²) < 4.78 is 5.94. The molecule has 0 saturated carbocycles. The van der Waals surface area contributed by atoms with Crippen molar-refractivity contribution in [2.45, 2.75) is 59.0 Å². The molecule has 0 heterocycles. The second-order valence-corrected chi connectivity index (χ2v) is 8.22. The minimum absolute atomic E-state index is 0.0951. The van der Waals surface area contributed by atoms with Crippen LogP contribution in [0.3, 0.4) is 0 Å². The van der Waals surface area contributed by atoms with Crippen molar-refractivity contribution in [3.05, 3.63) is 59.7 Å². The number of aromatic hydroxyl groups is 1. The zero-order chi connectivity index (χ0) is 18.0. The van der Waals surface area contributed by atoms with Crippen molar-refractivity contribution in [1.82, 2.24) is 0 Å². The third-order valence-electron chi connectivity index (χ3n) is 4.24. The zero-order valence-electron chi connectivity index (χ0n) is 15.8. The largest absolute Gasteiger partial charge is 0.508 e. The van der Waals surface area contributed by atoms with Crippen molar-refractivity contribution < 1.29 is 9.84 Å². The topological polar surface area (TPSA) is 29.5 Å². The number of ether oxygens (including phenoxy) is 1. The first kappa shape index (κ1) is 18.4. The molecule has 0 aliphatic heterocycles. The first-order chi connectivity index (χ1) is 11.1. The van der Waals surface area contributed by atoms with Gasteiger partial charge in [-0.25, -0.2) is 0 Å². The van der Waals surface area contributed by atoms with E-state index in [1.807, 2.05) is 12.1 Å². The van der Waals surface area contributed by atoms with Crippen LogP contribution in [0, 0.1) is 5.92 Å². The summed E-state index contributed by atoms with van der Waals surface area (Å²) in [7, 11) is 0. The Bertz CT molecular complexity index is 648. The highest BCUT2D eigenvalue weighted by molar-refractivity contribution is 5.42. The molecule has 0 aromatic heterocycles. The lowest BCUT2D eigenvalue weighted by Crippen LogP contribution is -2.26. The van der Waals surface area contributed by atoms with E-state index in [-0.39, 0.29) is 11.0 Å². The highest BCUT2D eigenvalue weighted by Crippen LogP contribution is 2.39. The highest BCUT2D eigenvalue weighted by atomic mass is 16.5. The van der Waals surface area contributed by atoms with E-state index in [2.05, 4.69) is 65.8 Å². The summed E-state index contributed by atoms with van der Waals surface area (Å²) in [6.07, 6.45) is 1.04. The van der Waals surface area contributed by atoms with Gasteiger partial charge in [0.15, 0.2) is 0 Å². The van der Waals surface area contributed by atoms with Crippen LogP contribution in [0.2, 0.25) is 0 Å². The molecule has 0 aliphatic carbocycles. The van der Waals surface area contributed by atoms with Crippen LogP contribution in [0.25, 0.3) is 0 Å². The molecule has 2 nitrogen and oxygen atoms in total. The molecule has 1 atom stereocenters. The molecule has 0 aliphatic rings. The first-order valence-electron chi connectivity index (χ1n) is 8.69. The molecule has 1 N–H and O–H groups in total. The van der Waals surface area contributed by atoms with Gasteiger partial charge < -0.3 is 9.84 Å². The van der Waals surface area contributed by atoms with Crippen LogP contribution in [-0.2, 0) is 5.41 Å². The Kier molecular flexibility index (Phi) is 5.27. The van der Waals surface area contributed by atoms with E-state index in [1.54, 1.807) is 12.1 Å². The Balaban J connectivity index is 2.39. The fourth-order valence-corrected chi connectivity index (χ4v) is 3.29. The Hall–Kier alpha value is -1.96. The maximum absolute atomic E-state index is 9.60. The molecule has 1 unspecified atom stereocenters. The number of benzene rings is 2. The van der Waals surface area contributed by atoms with Crippen molar-refractivity contribution in [1.29, 1.82) is 0 Å². The summed E-state index contributed by atoms with van der Waals surface area (Å²) in [4.78, 5) is 0. The van der Waals surface area contributed by atoms with Crippen LogP contribution in [0.15, 0.2) is 48.5 Å². The van der Waals surface area contributed by atoms with Crippen molar-refractivity contribution in [3.63, 3.8) is 0 Å². The number of rotatable bonds is 5.